The quantitative estimate of drug-likeness (QED) is 0.710. The number of anilines is 1. The van der Waals surface area contributed by atoms with Gasteiger partial charge in [-0.1, -0.05) is 36.4 Å². The zero-order chi connectivity index (χ0) is 12.5. The van der Waals surface area contributed by atoms with E-state index in [9.17, 15) is 4.39 Å². The summed E-state index contributed by atoms with van der Waals surface area (Å²) >= 11 is 0. The van der Waals surface area contributed by atoms with E-state index in [-0.39, 0.29) is 11.2 Å². The van der Waals surface area contributed by atoms with Crippen LogP contribution in [0.4, 0.5) is 10.2 Å². The van der Waals surface area contributed by atoms with Crippen molar-refractivity contribution in [2.45, 2.75) is 0 Å². The summed E-state index contributed by atoms with van der Waals surface area (Å²) in [6.07, 6.45) is 0. The molecule has 4 heteroatoms. The first kappa shape index (κ1) is 10.7. The minimum absolute atomic E-state index is 0.164. The second kappa shape index (κ2) is 4.07. The van der Waals surface area contributed by atoms with Gasteiger partial charge in [0.25, 0.3) is 0 Å². The van der Waals surface area contributed by atoms with Gasteiger partial charge in [0.05, 0.1) is 10.9 Å². The molecule has 2 aromatic carbocycles. The Bertz CT molecular complexity index is 711. The Hall–Kier alpha value is -2.49. The van der Waals surface area contributed by atoms with Gasteiger partial charge in [-0.15, -0.1) is 0 Å². The van der Waals surface area contributed by atoms with Crippen molar-refractivity contribution < 1.29 is 4.39 Å². The highest BCUT2D eigenvalue weighted by molar-refractivity contribution is 5.90. The topological polar surface area (TPSA) is 51.8 Å². The van der Waals surface area contributed by atoms with Crippen molar-refractivity contribution in [3.8, 4) is 11.4 Å². The molecule has 0 unspecified atom stereocenters. The Labute approximate surface area is 103 Å². The van der Waals surface area contributed by atoms with Crippen molar-refractivity contribution in [2.75, 3.05) is 5.73 Å². The third-order valence-corrected chi connectivity index (χ3v) is 2.73. The molecule has 18 heavy (non-hydrogen) atoms. The van der Waals surface area contributed by atoms with E-state index in [2.05, 4.69) is 9.97 Å². The number of nitrogens with two attached hydrogens (primary N) is 1. The van der Waals surface area contributed by atoms with Gasteiger partial charge in [0.15, 0.2) is 5.82 Å². The summed E-state index contributed by atoms with van der Waals surface area (Å²) in [5.41, 5.74) is 7.18. The summed E-state index contributed by atoms with van der Waals surface area (Å²) in [4.78, 5) is 8.50. The maximum Gasteiger partial charge on any atom is 0.162 e. The number of hydrogen-bond acceptors (Lipinski definition) is 3. The van der Waals surface area contributed by atoms with Crippen LogP contribution in [0.5, 0.6) is 0 Å². The summed E-state index contributed by atoms with van der Waals surface area (Å²) < 4.78 is 13.6. The second-order valence-electron chi connectivity index (χ2n) is 3.93. The van der Waals surface area contributed by atoms with Gasteiger partial charge >= 0.3 is 0 Å². The van der Waals surface area contributed by atoms with E-state index >= 15 is 0 Å². The lowest BCUT2D eigenvalue weighted by molar-refractivity contribution is 0.639. The lowest BCUT2D eigenvalue weighted by Gasteiger charge is -2.05. The lowest BCUT2D eigenvalue weighted by atomic mass is 10.2. The monoisotopic (exact) mass is 239 g/mol. The van der Waals surface area contributed by atoms with Crippen LogP contribution in [0.2, 0.25) is 0 Å². The van der Waals surface area contributed by atoms with E-state index < -0.39 is 5.82 Å². The fourth-order valence-corrected chi connectivity index (χ4v) is 1.88. The molecule has 0 aliphatic rings. The zero-order valence-electron chi connectivity index (χ0n) is 9.47. The van der Waals surface area contributed by atoms with Gasteiger partial charge in [0.1, 0.15) is 11.6 Å². The number of nitrogen functional groups attached to an aromatic ring is 1. The Kier molecular flexibility index (Phi) is 2.41. The molecule has 0 atom stereocenters. The first-order valence-electron chi connectivity index (χ1n) is 5.53. The number of halogens is 1. The predicted octanol–water partition coefficient (Wildman–Crippen LogP) is 3.02. The molecule has 0 aliphatic heterocycles. The molecular formula is C14H10FN3. The average molecular weight is 239 g/mol. The normalized spacial score (nSPS) is 10.7. The van der Waals surface area contributed by atoms with Crippen molar-refractivity contribution in [1.29, 1.82) is 0 Å². The molecule has 0 fully saturated rings. The second-order valence-corrected chi connectivity index (χ2v) is 3.93. The minimum Gasteiger partial charge on any atom is -0.383 e. The van der Waals surface area contributed by atoms with Crippen molar-refractivity contribution >= 4 is 16.7 Å². The first-order valence-corrected chi connectivity index (χ1v) is 5.53. The fourth-order valence-electron chi connectivity index (χ4n) is 1.88. The van der Waals surface area contributed by atoms with Crippen molar-refractivity contribution in [3.63, 3.8) is 0 Å². The predicted molar refractivity (Wildman–Crippen MR) is 69.3 cm³/mol. The molecule has 3 nitrogen and oxygen atoms in total. The smallest absolute Gasteiger partial charge is 0.162 e. The van der Waals surface area contributed by atoms with Crippen LogP contribution in [0.1, 0.15) is 0 Å². The van der Waals surface area contributed by atoms with Crippen LogP contribution in [0.15, 0.2) is 48.5 Å². The molecule has 0 amide bonds. The third kappa shape index (κ3) is 1.68. The van der Waals surface area contributed by atoms with Crippen LogP contribution in [-0.4, -0.2) is 9.97 Å². The maximum absolute atomic E-state index is 13.6. The van der Waals surface area contributed by atoms with Crippen LogP contribution < -0.4 is 5.73 Å². The molecule has 0 spiro atoms. The SMILES string of the molecule is Nc1nc(-c2ccccc2)nc2cccc(F)c12. The molecule has 3 rings (SSSR count). The molecule has 0 saturated carbocycles. The Morgan fingerprint density at radius 1 is 0.889 bits per heavy atom. The molecule has 88 valence electrons. The van der Waals surface area contributed by atoms with Crippen LogP contribution >= 0.6 is 0 Å². The summed E-state index contributed by atoms with van der Waals surface area (Å²) in [6, 6.07) is 14.2. The summed E-state index contributed by atoms with van der Waals surface area (Å²) in [7, 11) is 0. The van der Waals surface area contributed by atoms with E-state index in [1.54, 1.807) is 12.1 Å². The summed E-state index contributed by atoms with van der Waals surface area (Å²) in [5.74, 6) is 0.271. The highest BCUT2D eigenvalue weighted by Gasteiger charge is 2.10. The largest absolute Gasteiger partial charge is 0.383 e. The molecule has 3 aromatic rings. The van der Waals surface area contributed by atoms with Crippen molar-refractivity contribution in [1.82, 2.24) is 9.97 Å². The highest BCUT2D eigenvalue weighted by atomic mass is 19.1. The zero-order valence-corrected chi connectivity index (χ0v) is 9.47. The number of rotatable bonds is 1. The van der Waals surface area contributed by atoms with Gasteiger partial charge in [-0.25, -0.2) is 14.4 Å². The molecule has 0 aliphatic carbocycles. The average Bonchev–Trinajstić information content (AvgIpc) is 2.39. The summed E-state index contributed by atoms with van der Waals surface area (Å²) in [6.45, 7) is 0. The Morgan fingerprint density at radius 2 is 1.67 bits per heavy atom. The molecule has 1 aromatic heterocycles. The molecule has 0 bridgehead atoms. The van der Waals surface area contributed by atoms with Crippen LogP contribution in [0.25, 0.3) is 22.3 Å². The minimum atomic E-state index is -0.399. The number of nitrogens with zero attached hydrogens (tertiary/aromatic N) is 2. The highest BCUT2D eigenvalue weighted by Crippen LogP contribution is 2.24. The number of aromatic nitrogens is 2. The van der Waals surface area contributed by atoms with E-state index in [1.165, 1.54) is 6.07 Å². The lowest BCUT2D eigenvalue weighted by Crippen LogP contribution is -1.99. The Morgan fingerprint density at radius 3 is 2.44 bits per heavy atom. The van der Waals surface area contributed by atoms with Crippen LogP contribution in [0.3, 0.4) is 0 Å². The first-order chi connectivity index (χ1) is 8.75. The Balaban J connectivity index is 2.29. The standard InChI is InChI=1S/C14H10FN3/c15-10-7-4-8-11-12(10)13(16)18-14(17-11)9-5-2-1-3-6-9/h1-8H,(H2,16,17,18). The molecule has 1 heterocycles. The van der Waals surface area contributed by atoms with Gasteiger partial charge in [0.2, 0.25) is 0 Å². The van der Waals surface area contributed by atoms with Crippen LogP contribution in [-0.2, 0) is 0 Å². The van der Waals surface area contributed by atoms with Crippen molar-refractivity contribution in [2.24, 2.45) is 0 Å². The van der Waals surface area contributed by atoms with E-state index in [1.807, 2.05) is 30.3 Å². The van der Waals surface area contributed by atoms with E-state index in [0.29, 0.717) is 11.3 Å². The third-order valence-electron chi connectivity index (χ3n) is 2.73. The molecule has 2 N–H and O–H groups in total. The van der Waals surface area contributed by atoms with E-state index in [0.717, 1.165) is 5.56 Å². The summed E-state index contributed by atoms with van der Waals surface area (Å²) in [5, 5.41) is 0.275. The van der Waals surface area contributed by atoms with Gasteiger partial charge in [-0.3, -0.25) is 0 Å². The van der Waals surface area contributed by atoms with Crippen molar-refractivity contribution in [3.05, 3.63) is 54.3 Å². The number of hydrogen-bond donors (Lipinski definition) is 1. The van der Waals surface area contributed by atoms with Crippen LogP contribution in [0, 0.1) is 5.82 Å². The van der Waals surface area contributed by atoms with Gasteiger partial charge in [-0.05, 0) is 12.1 Å². The number of benzene rings is 2. The molecule has 0 radical (unpaired) electrons. The fraction of sp³-hybridized carbons (Fsp3) is 0. The number of fused-ring (bicyclic) bond motifs is 1. The molecule has 0 saturated heterocycles. The van der Waals surface area contributed by atoms with Gasteiger partial charge in [0, 0.05) is 5.56 Å². The van der Waals surface area contributed by atoms with Gasteiger partial charge < -0.3 is 5.73 Å². The van der Waals surface area contributed by atoms with E-state index in [4.69, 9.17) is 5.73 Å². The molecular weight excluding hydrogens is 229 g/mol. The maximum atomic E-state index is 13.6. The van der Waals surface area contributed by atoms with Gasteiger partial charge in [-0.2, -0.15) is 0 Å².